The van der Waals surface area contributed by atoms with Crippen LogP contribution < -0.4 is 5.19 Å². The van der Waals surface area contributed by atoms with E-state index in [1.54, 1.807) is 0 Å². The predicted molar refractivity (Wildman–Crippen MR) is 118 cm³/mol. The monoisotopic (exact) mass is 412 g/mol. The van der Waals surface area contributed by atoms with Crippen LogP contribution in [0, 0.1) is 5.92 Å². The topological polar surface area (TPSA) is 44.8 Å². The second-order valence-electron chi connectivity index (χ2n) is 8.47. The van der Waals surface area contributed by atoms with Crippen molar-refractivity contribution in [3.63, 3.8) is 0 Å². The quantitative estimate of drug-likeness (QED) is 0.482. The molecule has 1 heterocycles. The average molecular weight is 413 g/mol. The van der Waals surface area contributed by atoms with Crippen LogP contribution in [0.25, 0.3) is 0 Å². The van der Waals surface area contributed by atoms with Gasteiger partial charge in [-0.1, -0.05) is 85.9 Å². The Bertz CT molecular complexity index is 778. The van der Waals surface area contributed by atoms with Crippen LogP contribution in [0.2, 0.25) is 18.6 Å². The van der Waals surface area contributed by atoms with Crippen molar-refractivity contribution in [1.29, 1.82) is 0 Å². The van der Waals surface area contributed by atoms with E-state index in [0.717, 1.165) is 5.56 Å². The third-order valence-electron chi connectivity index (χ3n) is 6.24. The van der Waals surface area contributed by atoms with Crippen molar-refractivity contribution in [3.8, 4) is 0 Å². The summed E-state index contributed by atoms with van der Waals surface area (Å²) in [5.74, 6) is 0.0956. The van der Waals surface area contributed by atoms with E-state index >= 15 is 0 Å². The molecule has 1 aliphatic rings. The predicted octanol–water partition coefficient (Wildman–Crippen LogP) is 4.16. The summed E-state index contributed by atoms with van der Waals surface area (Å²) in [6.45, 7) is 8.10. The summed E-state index contributed by atoms with van der Waals surface area (Å²) < 4.78 is 17.4. The van der Waals surface area contributed by atoms with E-state index in [-0.39, 0.29) is 18.2 Å². The molecule has 0 aromatic heterocycles. The first kappa shape index (κ1) is 21.7. The van der Waals surface area contributed by atoms with Crippen LogP contribution in [0.15, 0.2) is 60.7 Å². The molecule has 0 aliphatic carbocycles. The highest BCUT2D eigenvalue weighted by atomic mass is 28.3. The first-order valence-electron chi connectivity index (χ1n) is 10.3. The molecule has 1 saturated heterocycles. The summed E-state index contributed by atoms with van der Waals surface area (Å²) in [4.78, 5) is 12.1. The van der Waals surface area contributed by atoms with Crippen LogP contribution >= 0.6 is 0 Å². The van der Waals surface area contributed by atoms with E-state index in [4.69, 9.17) is 14.2 Å². The Morgan fingerprint density at radius 1 is 1.00 bits per heavy atom. The van der Waals surface area contributed by atoms with Gasteiger partial charge in [0.05, 0.1) is 47.0 Å². The Balaban J connectivity index is 1.74. The molecule has 0 unspecified atom stereocenters. The van der Waals surface area contributed by atoms with Crippen molar-refractivity contribution in [2.24, 2.45) is 5.92 Å². The lowest BCUT2D eigenvalue weighted by Gasteiger charge is -2.35. The minimum atomic E-state index is -1.89. The van der Waals surface area contributed by atoms with Crippen molar-refractivity contribution < 1.29 is 19.0 Å². The molecule has 1 aliphatic heterocycles. The number of rotatable bonds is 8. The number of benzene rings is 2. The smallest absolute Gasteiger partial charge is 0.308 e. The molecule has 0 N–H and O–H groups in total. The van der Waals surface area contributed by atoms with E-state index in [1.807, 2.05) is 18.2 Å². The van der Waals surface area contributed by atoms with Gasteiger partial charge in [0.15, 0.2) is 0 Å². The van der Waals surface area contributed by atoms with E-state index in [2.05, 4.69) is 62.5 Å². The molecule has 0 saturated carbocycles. The third-order valence-corrected chi connectivity index (χ3v) is 10.6. The maximum atomic E-state index is 12.1. The molecule has 0 amide bonds. The molecule has 156 valence electrons. The molecular weight excluding hydrogens is 380 g/mol. The molecule has 2 aromatic carbocycles. The van der Waals surface area contributed by atoms with E-state index in [0.29, 0.717) is 31.1 Å². The summed E-state index contributed by atoms with van der Waals surface area (Å²) in [5, 5.41) is 1.39. The number of hydrogen-bond acceptors (Lipinski definition) is 4. The van der Waals surface area contributed by atoms with Gasteiger partial charge in [-0.25, -0.2) is 0 Å². The molecule has 0 spiro atoms. The van der Waals surface area contributed by atoms with Gasteiger partial charge in [-0.2, -0.15) is 0 Å². The molecule has 29 heavy (non-hydrogen) atoms. The van der Waals surface area contributed by atoms with E-state index in [9.17, 15) is 4.79 Å². The van der Waals surface area contributed by atoms with Gasteiger partial charge in [0.1, 0.15) is 0 Å². The second kappa shape index (κ2) is 9.70. The Kier molecular flexibility index (Phi) is 7.27. The normalized spacial score (nSPS) is 24.4. The second-order valence-corrected chi connectivity index (χ2v) is 13.2. The zero-order chi connectivity index (χ0) is 20.9. The van der Waals surface area contributed by atoms with Crippen molar-refractivity contribution in [2.75, 3.05) is 13.7 Å². The van der Waals surface area contributed by atoms with Crippen LogP contribution in [0.3, 0.4) is 0 Å². The lowest BCUT2D eigenvalue weighted by atomic mass is 10.00. The molecule has 0 radical (unpaired) electrons. The molecule has 3 rings (SSSR count). The molecule has 5 heteroatoms. The third kappa shape index (κ3) is 5.16. The van der Waals surface area contributed by atoms with Crippen molar-refractivity contribution in [2.45, 2.75) is 50.8 Å². The number of methoxy groups -OCH3 is 1. The zero-order valence-corrected chi connectivity index (χ0v) is 18.8. The fourth-order valence-corrected chi connectivity index (χ4v) is 8.76. The fourth-order valence-electron chi connectivity index (χ4n) is 4.67. The fraction of sp³-hybridized carbons (Fsp3) is 0.458. The van der Waals surface area contributed by atoms with Crippen molar-refractivity contribution >= 4 is 19.2 Å². The number of carbonyl (C=O) groups excluding carboxylic acids is 1. The number of hydrogen-bond donors (Lipinski definition) is 0. The van der Waals surface area contributed by atoms with Gasteiger partial charge >= 0.3 is 5.97 Å². The summed E-state index contributed by atoms with van der Waals surface area (Å²) >= 11 is 0. The maximum absolute atomic E-state index is 12.1. The largest absolute Gasteiger partial charge is 0.469 e. The van der Waals surface area contributed by atoms with E-state index in [1.165, 1.54) is 12.3 Å². The molecular formula is C24H32O4Si. The molecule has 1 fully saturated rings. The maximum Gasteiger partial charge on any atom is 0.308 e. The lowest BCUT2D eigenvalue weighted by molar-refractivity contribution is -0.144. The molecule has 2 aromatic rings. The standard InChI is InChI=1S/C24H32O4Si/c1-18-22(17-27-16-19-11-7-5-8-12-19)28-21(15-23(25)26-2)24(18)29(3,4)20-13-9-6-10-14-20/h5-14,18,21-22,24H,15-17H2,1-4H3/t18-,21-,22+,24+/m1/s1. The molecule has 4 atom stereocenters. The van der Waals surface area contributed by atoms with Crippen LogP contribution in [0.1, 0.15) is 18.9 Å². The molecule has 0 bridgehead atoms. The van der Waals surface area contributed by atoms with Crippen LogP contribution in [-0.2, 0) is 25.6 Å². The van der Waals surface area contributed by atoms with Gasteiger partial charge in [-0.15, -0.1) is 0 Å². The zero-order valence-electron chi connectivity index (χ0n) is 17.8. The molecule has 4 nitrogen and oxygen atoms in total. The summed E-state index contributed by atoms with van der Waals surface area (Å²) in [5.41, 5.74) is 1.47. The van der Waals surface area contributed by atoms with Gasteiger partial charge in [-0.3, -0.25) is 4.79 Å². The van der Waals surface area contributed by atoms with Crippen LogP contribution in [-0.4, -0.2) is 40.0 Å². The van der Waals surface area contributed by atoms with E-state index < -0.39 is 8.07 Å². The Morgan fingerprint density at radius 2 is 1.62 bits per heavy atom. The minimum Gasteiger partial charge on any atom is -0.469 e. The highest BCUT2D eigenvalue weighted by Gasteiger charge is 2.51. The first-order valence-corrected chi connectivity index (χ1v) is 13.4. The van der Waals surface area contributed by atoms with Gasteiger partial charge in [0.25, 0.3) is 0 Å². The van der Waals surface area contributed by atoms with Gasteiger partial charge in [0, 0.05) is 0 Å². The van der Waals surface area contributed by atoms with Crippen molar-refractivity contribution in [3.05, 3.63) is 66.2 Å². The Morgan fingerprint density at radius 3 is 2.24 bits per heavy atom. The van der Waals surface area contributed by atoms with Gasteiger partial charge < -0.3 is 14.2 Å². The average Bonchev–Trinajstić information content (AvgIpc) is 3.05. The number of carbonyl (C=O) groups is 1. The number of ether oxygens (including phenoxy) is 3. The SMILES string of the molecule is COC(=O)C[C@H]1O[C@@H](COCc2ccccc2)[C@@H](C)[C@@H]1[Si](C)(C)c1ccccc1. The van der Waals surface area contributed by atoms with Gasteiger partial charge in [0.2, 0.25) is 0 Å². The van der Waals surface area contributed by atoms with Crippen molar-refractivity contribution in [1.82, 2.24) is 0 Å². The summed E-state index contributed by atoms with van der Waals surface area (Å²) in [7, 11) is -0.445. The Hall–Kier alpha value is -1.95. The first-order chi connectivity index (χ1) is 13.9. The number of esters is 1. The van der Waals surface area contributed by atoms with Crippen LogP contribution in [0.4, 0.5) is 0 Å². The minimum absolute atomic E-state index is 0.0196. The van der Waals surface area contributed by atoms with Gasteiger partial charge in [-0.05, 0) is 17.0 Å². The summed E-state index contributed by atoms with van der Waals surface area (Å²) in [6, 6.07) is 20.8. The van der Waals surface area contributed by atoms with Crippen LogP contribution in [0.5, 0.6) is 0 Å². The lowest BCUT2D eigenvalue weighted by Crippen LogP contribution is -2.50. The summed E-state index contributed by atoms with van der Waals surface area (Å²) in [6.07, 6.45) is 0.141. The Labute approximate surface area is 175 Å². The highest BCUT2D eigenvalue weighted by Crippen LogP contribution is 2.45. The highest BCUT2D eigenvalue weighted by molar-refractivity contribution is 6.91.